The van der Waals surface area contributed by atoms with Crippen LogP contribution >= 0.6 is 0 Å². The van der Waals surface area contributed by atoms with E-state index in [1.165, 1.54) is 0 Å². The minimum atomic E-state index is -3.22. The molecule has 0 bridgehead atoms. The van der Waals surface area contributed by atoms with E-state index in [0.717, 1.165) is 38.4 Å². The number of hydrogen-bond acceptors (Lipinski definition) is 4. The number of hydrogen-bond donors (Lipinski definition) is 2. The van der Waals surface area contributed by atoms with Crippen LogP contribution in [0.25, 0.3) is 0 Å². The van der Waals surface area contributed by atoms with E-state index >= 15 is 0 Å². The maximum absolute atomic E-state index is 12.3. The SMILES string of the molecule is CCN(CC)CCCC(C)NC(=NC)NCCCS(=O)(=O)c1ccccc1. The standard InChI is InChI=1S/C20H36N4O2S/c1-5-24(6-2)16-10-12-18(3)23-20(21-4)22-15-11-17-27(25,26)19-13-8-7-9-14-19/h7-9,13-14,18H,5-6,10-12,15-17H2,1-4H3,(H2,21,22,23). The van der Waals surface area contributed by atoms with E-state index in [9.17, 15) is 8.42 Å². The van der Waals surface area contributed by atoms with E-state index in [1.54, 1.807) is 31.3 Å². The predicted molar refractivity (Wildman–Crippen MR) is 114 cm³/mol. The number of rotatable bonds is 12. The van der Waals surface area contributed by atoms with E-state index < -0.39 is 9.84 Å². The quantitative estimate of drug-likeness (QED) is 0.323. The lowest BCUT2D eigenvalue weighted by atomic mass is 10.2. The minimum absolute atomic E-state index is 0.125. The van der Waals surface area contributed by atoms with Gasteiger partial charge < -0.3 is 15.5 Å². The maximum atomic E-state index is 12.3. The molecule has 0 aromatic heterocycles. The van der Waals surface area contributed by atoms with Crippen molar-refractivity contribution in [1.82, 2.24) is 15.5 Å². The van der Waals surface area contributed by atoms with Gasteiger partial charge in [-0.3, -0.25) is 4.99 Å². The zero-order chi connectivity index (χ0) is 20.1. The molecule has 1 unspecified atom stereocenters. The van der Waals surface area contributed by atoms with Gasteiger partial charge >= 0.3 is 0 Å². The zero-order valence-corrected chi connectivity index (χ0v) is 18.1. The lowest BCUT2D eigenvalue weighted by molar-refractivity contribution is 0.292. The molecule has 2 N–H and O–H groups in total. The Morgan fingerprint density at radius 3 is 2.41 bits per heavy atom. The van der Waals surface area contributed by atoms with Gasteiger partial charge in [-0.25, -0.2) is 8.42 Å². The van der Waals surface area contributed by atoms with Gasteiger partial charge in [-0.15, -0.1) is 0 Å². The molecular weight excluding hydrogens is 360 g/mol. The van der Waals surface area contributed by atoms with Crippen molar-refractivity contribution < 1.29 is 8.42 Å². The molecule has 1 rings (SSSR count). The molecule has 0 spiro atoms. The average molecular weight is 397 g/mol. The van der Waals surface area contributed by atoms with Gasteiger partial charge in [0.2, 0.25) is 0 Å². The summed E-state index contributed by atoms with van der Waals surface area (Å²) in [5.74, 6) is 0.850. The molecule has 0 radical (unpaired) electrons. The second-order valence-electron chi connectivity index (χ2n) is 6.70. The van der Waals surface area contributed by atoms with Crippen LogP contribution in [-0.4, -0.2) is 64.3 Å². The second kappa shape index (κ2) is 12.7. The van der Waals surface area contributed by atoms with Crippen LogP contribution in [0.15, 0.2) is 40.2 Å². The topological polar surface area (TPSA) is 73.8 Å². The molecule has 1 aromatic rings. The first-order chi connectivity index (χ1) is 12.9. The summed E-state index contributed by atoms with van der Waals surface area (Å²) < 4.78 is 24.5. The molecule has 6 nitrogen and oxygen atoms in total. The average Bonchev–Trinajstić information content (AvgIpc) is 2.68. The molecular formula is C20H36N4O2S. The fourth-order valence-electron chi connectivity index (χ4n) is 2.88. The summed E-state index contributed by atoms with van der Waals surface area (Å²) in [6.45, 7) is 10.4. The maximum Gasteiger partial charge on any atom is 0.191 e. The summed E-state index contributed by atoms with van der Waals surface area (Å²) in [6.07, 6.45) is 2.75. The normalized spacial score (nSPS) is 13.6. The van der Waals surface area contributed by atoms with Gasteiger partial charge in [0.15, 0.2) is 15.8 Å². The number of nitrogens with one attached hydrogen (secondary N) is 2. The molecule has 27 heavy (non-hydrogen) atoms. The van der Waals surface area contributed by atoms with Crippen LogP contribution in [0, 0.1) is 0 Å². The second-order valence-corrected chi connectivity index (χ2v) is 8.81. The smallest absolute Gasteiger partial charge is 0.191 e. The van der Waals surface area contributed by atoms with Crippen LogP contribution in [0.3, 0.4) is 0 Å². The molecule has 0 fully saturated rings. The van der Waals surface area contributed by atoms with Crippen LogP contribution in [0.1, 0.15) is 40.0 Å². The number of benzene rings is 1. The lowest BCUT2D eigenvalue weighted by Crippen LogP contribution is -2.43. The molecule has 0 saturated heterocycles. The van der Waals surface area contributed by atoms with Crippen molar-refractivity contribution in [3.05, 3.63) is 30.3 Å². The highest BCUT2D eigenvalue weighted by Gasteiger charge is 2.13. The van der Waals surface area contributed by atoms with E-state index in [4.69, 9.17) is 0 Å². The molecule has 0 aliphatic heterocycles. The van der Waals surface area contributed by atoms with Crippen LogP contribution < -0.4 is 10.6 Å². The largest absolute Gasteiger partial charge is 0.356 e. The van der Waals surface area contributed by atoms with E-state index in [0.29, 0.717) is 23.9 Å². The van der Waals surface area contributed by atoms with Gasteiger partial charge in [0.05, 0.1) is 10.6 Å². The van der Waals surface area contributed by atoms with Crippen molar-refractivity contribution >= 4 is 15.8 Å². The first-order valence-corrected chi connectivity index (χ1v) is 11.6. The Labute approximate surface area is 165 Å². The van der Waals surface area contributed by atoms with Gasteiger partial charge in [-0.05, 0) is 58.0 Å². The van der Waals surface area contributed by atoms with Gasteiger partial charge in [0, 0.05) is 19.6 Å². The number of aliphatic imine (C=N–C) groups is 1. The Morgan fingerprint density at radius 2 is 1.81 bits per heavy atom. The highest BCUT2D eigenvalue weighted by Crippen LogP contribution is 2.10. The molecule has 0 aliphatic carbocycles. The molecule has 0 amide bonds. The molecule has 0 aliphatic rings. The molecule has 1 aromatic carbocycles. The van der Waals surface area contributed by atoms with Crippen LogP contribution in [0.2, 0.25) is 0 Å². The molecule has 154 valence electrons. The first kappa shape index (κ1) is 23.4. The van der Waals surface area contributed by atoms with Crippen LogP contribution in [0.5, 0.6) is 0 Å². The van der Waals surface area contributed by atoms with E-state index in [2.05, 4.69) is 41.3 Å². The van der Waals surface area contributed by atoms with E-state index in [1.807, 2.05) is 6.07 Å². The number of guanidine groups is 1. The summed E-state index contributed by atoms with van der Waals surface area (Å²) in [5.41, 5.74) is 0. The Kier molecular flexibility index (Phi) is 11.0. The predicted octanol–water partition coefficient (Wildman–Crippen LogP) is 2.53. The third kappa shape index (κ3) is 9.24. The zero-order valence-electron chi connectivity index (χ0n) is 17.2. The van der Waals surface area contributed by atoms with Gasteiger partial charge in [-0.1, -0.05) is 32.0 Å². The summed E-state index contributed by atoms with van der Waals surface area (Å²) >= 11 is 0. The molecule has 1 atom stereocenters. The number of nitrogens with zero attached hydrogens (tertiary/aromatic N) is 2. The Morgan fingerprint density at radius 1 is 1.15 bits per heavy atom. The van der Waals surface area contributed by atoms with E-state index in [-0.39, 0.29) is 5.75 Å². The van der Waals surface area contributed by atoms with Crippen LogP contribution in [-0.2, 0) is 9.84 Å². The summed E-state index contributed by atoms with van der Waals surface area (Å²) in [7, 11) is -1.48. The molecule has 0 heterocycles. The highest BCUT2D eigenvalue weighted by atomic mass is 32.2. The third-order valence-corrected chi connectivity index (χ3v) is 6.41. The van der Waals surface area contributed by atoms with Crippen molar-refractivity contribution in [3.8, 4) is 0 Å². The fraction of sp³-hybridized carbons (Fsp3) is 0.650. The highest BCUT2D eigenvalue weighted by molar-refractivity contribution is 7.91. The van der Waals surface area contributed by atoms with Crippen molar-refractivity contribution in [2.45, 2.75) is 51.0 Å². The number of sulfone groups is 1. The Balaban J connectivity index is 2.30. The first-order valence-electron chi connectivity index (χ1n) is 9.90. The summed E-state index contributed by atoms with van der Waals surface area (Å²) in [6, 6.07) is 8.92. The van der Waals surface area contributed by atoms with Crippen molar-refractivity contribution in [2.24, 2.45) is 4.99 Å². The van der Waals surface area contributed by atoms with Crippen molar-refractivity contribution in [3.63, 3.8) is 0 Å². The molecule has 7 heteroatoms. The summed E-state index contributed by atoms with van der Waals surface area (Å²) in [5, 5.41) is 6.59. The molecule has 0 saturated carbocycles. The van der Waals surface area contributed by atoms with Gasteiger partial charge in [-0.2, -0.15) is 0 Å². The monoisotopic (exact) mass is 396 g/mol. The van der Waals surface area contributed by atoms with Gasteiger partial charge in [0.25, 0.3) is 0 Å². The Bertz CT molecular complexity index is 643. The van der Waals surface area contributed by atoms with Crippen molar-refractivity contribution in [1.29, 1.82) is 0 Å². The van der Waals surface area contributed by atoms with Crippen LogP contribution in [0.4, 0.5) is 0 Å². The third-order valence-electron chi connectivity index (χ3n) is 4.60. The lowest BCUT2D eigenvalue weighted by Gasteiger charge is -2.21. The Hall–Kier alpha value is -1.60. The minimum Gasteiger partial charge on any atom is -0.356 e. The van der Waals surface area contributed by atoms with Gasteiger partial charge in [0.1, 0.15) is 0 Å². The summed E-state index contributed by atoms with van der Waals surface area (Å²) in [4.78, 5) is 7.04. The van der Waals surface area contributed by atoms with Crippen molar-refractivity contribution in [2.75, 3.05) is 39.0 Å². The fourth-order valence-corrected chi connectivity index (χ4v) is 4.21.